The van der Waals surface area contributed by atoms with Gasteiger partial charge in [-0.3, -0.25) is 0 Å². The monoisotopic (exact) mass is 406 g/mol. The first-order valence-corrected chi connectivity index (χ1v) is 10.3. The van der Waals surface area contributed by atoms with Crippen molar-refractivity contribution in [3.63, 3.8) is 0 Å². The van der Waals surface area contributed by atoms with Gasteiger partial charge < -0.3 is 15.4 Å². The van der Waals surface area contributed by atoms with Gasteiger partial charge in [0.25, 0.3) is 0 Å². The predicted octanol–water partition coefficient (Wildman–Crippen LogP) is 4.84. The highest BCUT2D eigenvalue weighted by Gasteiger charge is 2.15. The molecule has 0 radical (unpaired) electrons. The van der Waals surface area contributed by atoms with Crippen LogP contribution in [0.1, 0.15) is 49.3 Å². The third kappa shape index (κ3) is 5.20. The van der Waals surface area contributed by atoms with E-state index in [-0.39, 0.29) is 18.2 Å². The van der Waals surface area contributed by atoms with Crippen molar-refractivity contribution < 1.29 is 9.53 Å². The average Bonchev–Trinajstić information content (AvgIpc) is 3.00. The maximum absolute atomic E-state index is 12.5. The van der Waals surface area contributed by atoms with Gasteiger partial charge in [-0.1, -0.05) is 30.3 Å². The van der Waals surface area contributed by atoms with E-state index < -0.39 is 0 Å². The van der Waals surface area contributed by atoms with Crippen LogP contribution < -0.4 is 15.4 Å². The fourth-order valence-corrected chi connectivity index (χ4v) is 3.38. The Bertz CT molecular complexity index is 996. The lowest BCUT2D eigenvalue weighted by Crippen LogP contribution is -2.36. The Hall–Kier alpha value is -3.28. The van der Waals surface area contributed by atoms with E-state index in [1.54, 1.807) is 0 Å². The first kappa shape index (κ1) is 21.4. The fourth-order valence-electron chi connectivity index (χ4n) is 3.38. The molecule has 0 spiro atoms. The van der Waals surface area contributed by atoms with E-state index in [4.69, 9.17) is 4.74 Å². The molecule has 0 aliphatic rings. The van der Waals surface area contributed by atoms with Gasteiger partial charge in [0.05, 0.1) is 23.5 Å². The molecule has 0 saturated carbocycles. The van der Waals surface area contributed by atoms with E-state index in [9.17, 15) is 4.79 Å². The van der Waals surface area contributed by atoms with Gasteiger partial charge in [0.15, 0.2) is 0 Å². The molecule has 0 fully saturated rings. The SMILES string of the molecule is Cc1nn(-c2ccccc2)c(C)c1CNC(=O)NC(C)c1cccc(OC(C)C)c1. The largest absolute Gasteiger partial charge is 0.491 e. The highest BCUT2D eigenvalue weighted by Crippen LogP contribution is 2.20. The minimum absolute atomic E-state index is 0.107. The van der Waals surface area contributed by atoms with E-state index in [1.807, 2.05) is 93.9 Å². The third-order valence-corrected chi connectivity index (χ3v) is 4.95. The molecule has 1 atom stereocenters. The third-order valence-electron chi connectivity index (χ3n) is 4.95. The van der Waals surface area contributed by atoms with Crippen LogP contribution in [-0.2, 0) is 6.54 Å². The molecule has 0 aliphatic carbocycles. The molecule has 0 aliphatic heterocycles. The number of ether oxygens (including phenoxy) is 1. The molecule has 3 aromatic rings. The fraction of sp³-hybridized carbons (Fsp3) is 0.333. The second-order valence-electron chi connectivity index (χ2n) is 7.68. The number of rotatable bonds is 7. The number of benzene rings is 2. The van der Waals surface area contributed by atoms with Crippen molar-refractivity contribution in [1.82, 2.24) is 20.4 Å². The molecule has 0 bridgehead atoms. The molecule has 0 saturated heterocycles. The lowest BCUT2D eigenvalue weighted by atomic mass is 10.1. The van der Waals surface area contributed by atoms with E-state index >= 15 is 0 Å². The molecule has 3 rings (SSSR count). The lowest BCUT2D eigenvalue weighted by Gasteiger charge is -2.17. The Balaban J connectivity index is 1.62. The summed E-state index contributed by atoms with van der Waals surface area (Å²) in [4.78, 5) is 12.5. The van der Waals surface area contributed by atoms with Crippen LogP contribution in [0.2, 0.25) is 0 Å². The van der Waals surface area contributed by atoms with Gasteiger partial charge in [0.1, 0.15) is 5.75 Å². The first-order chi connectivity index (χ1) is 14.3. The number of para-hydroxylation sites is 1. The average molecular weight is 407 g/mol. The zero-order valence-corrected chi connectivity index (χ0v) is 18.3. The van der Waals surface area contributed by atoms with Gasteiger partial charge >= 0.3 is 6.03 Å². The maximum atomic E-state index is 12.5. The molecule has 2 aromatic carbocycles. The molecule has 1 heterocycles. The number of nitrogens with one attached hydrogen (secondary N) is 2. The Morgan fingerprint density at radius 3 is 2.50 bits per heavy atom. The predicted molar refractivity (Wildman–Crippen MR) is 119 cm³/mol. The van der Waals surface area contributed by atoms with E-state index in [0.717, 1.165) is 34.0 Å². The zero-order valence-electron chi connectivity index (χ0n) is 18.3. The van der Waals surface area contributed by atoms with Gasteiger partial charge in [0.2, 0.25) is 0 Å². The molecular weight excluding hydrogens is 376 g/mol. The Morgan fingerprint density at radius 1 is 1.07 bits per heavy atom. The topological polar surface area (TPSA) is 68.2 Å². The van der Waals surface area contributed by atoms with Gasteiger partial charge in [-0.2, -0.15) is 5.10 Å². The van der Waals surface area contributed by atoms with Crippen LogP contribution in [0.5, 0.6) is 5.75 Å². The van der Waals surface area contributed by atoms with Gasteiger partial charge in [-0.05, 0) is 64.4 Å². The summed E-state index contributed by atoms with van der Waals surface area (Å²) in [7, 11) is 0. The molecule has 6 heteroatoms. The number of aromatic nitrogens is 2. The molecule has 30 heavy (non-hydrogen) atoms. The van der Waals surface area contributed by atoms with E-state index in [2.05, 4.69) is 15.7 Å². The van der Waals surface area contributed by atoms with Crippen LogP contribution in [0.15, 0.2) is 54.6 Å². The summed E-state index contributed by atoms with van der Waals surface area (Å²) < 4.78 is 7.65. The van der Waals surface area contributed by atoms with Crippen LogP contribution in [0.3, 0.4) is 0 Å². The van der Waals surface area contributed by atoms with Crippen LogP contribution in [0, 0.1) is 13.8 Å². The number of nitrogens with zero attached hydrogens (tertiary/aromatic N) is 2. The van der Waals surface area contributed by atoms with Crippen molar-refractivity contribution in [3.8, 4) is 11.4 Å². The highest BCUT2D eigenvalue weighted by molar-refractivity contribution is 5.74. The molecule has 2 amide bonds. The van der Waals surface area contributed by atoms with Crippen LogP contribution in [-0.4, -0.2) is 21.9 Å². The van der Waals surface area contributed by atoms with Crippen LogP contribution >= 0.6 is 0 Å². The van der Waals surface area contributed by atoms with Gasteiger partial charge in [0, 0.05) is 17.8 Å². The number of hydrogen-bond acceptors (Lipinski definition) is 3. The molecular formula is C24H30N4O2. The Morgan fingerprint density at radius 2 is 1.80 bits per heavy atom. The summed E-state index contributed by atoms with van der Waals surface area (Å²) in [5.41, 5.74) is 4.95. The van der Waals surface area contributed by atoms with Crippen molar-refractivity contribution in [2.24, 2.45) is 0 Å². The minimum Gasteiger partial charge on any atom is -0.491 e. The molecule has 158 valence electrons. The van der Waals surface area contributed by atoms with Crippen molar-refractivity contribution in [2.75, 3.05) is 0 Å². The maximum Gasteiger partial charge on any atom is 0.315 e. The number of carbonyl (C=O) groups excluding carboxylic acids is 1. The van der Waals surface area contributed by atoms with E-state index in [0.29, 0.717) is 6.54 Å². The standard InChI is InChI=1S/C24H30N4O2/c1-16(2)30-22-13-9-10-20(14-22)17(3)26-24(29)25-15-23-18(4)27-28(19(23)5)21-11-7-6-8-12-21/h6-14,16-17H,15H2,1-5H3,(H2,25,26,29). The van der Waals surface area contributed by atoms with Crippen LogP contribution in [0.25, 0.3) is 5.69 Å². The quantitative estimate of drug-likeness (QED) is 0.590. The van der Waals surface area contributed by atoms with Crippen molar-refractivity contribution in [2.45, 2.75) is 53.3 Å². The summed E-state index contributed by atoms with van der Waals surface area (Å²) in [5.74, 6) is 0.802. The lowest BCUT2D eigenvalue weighted by molar-refractivity contribution is 0.236. The summed E-state index contributed by atoms with van der Waals surface area (Å²) >= 11 is 0. The first-order valence-electron chi connectivity index (χ1n) is 10.3. The zero-order chi connectivity index (χ0) is 21.7. The summed E-state index contributed by atoms with van der Waals surface area (Å²) in [6.07, 6.45) is 0.107. The summed E-state index contributed by atoms with van der Waals surface area (Å²) in [5, 5.41) is 10.6. The Labute approximate surface area is 178 Å². The second kappa shape index (κ2) is 9.48. The number of amides is 2. The molecule has 1 unspecified atom stereocenters. The van der Waals surface area contributed by atoms with Crippen molar-refractivity contribution >= 4 is 6.03 Å². The second-order valence-corrected chi connectivity index (χ2v) is 7.68. The van der Waals surface area contributed by atoms with Crippen LogP contribution in [0.4, 0.5) is 4.79 Å². The van der Waals surface area contributed by atoms with Crippen molar-refractivity contribution in [1.29, 1.82) is 0 Å². The molecule has 6 nitrogen and oxygen atoms in total. The smallest absolute Gasteiger partial charge is 0.315 e. The Kier molecular flexibility index (Phi) is 6.77. The molecule has 2 N–H and O–H groups in total. The number of hydrogen-bond donors (Lipinski definition) is 2. The summed E-state index contributed by atoms with van der Waals surface area (Å²) in [6, 6.07) is 17.4. The number of carbonyl (C=O) groups is 1. The molecule has 1 aromatic heterocycles. The summed E-state index contributed by atoms with van der Waals surface area (Å²) in [6.45, 7) is 10.3. The van der Waals surface area contributed by atoms with E-state index in [1.165, 1.54) is 0 Å². The van der Waals surface area contributed by atoms with Gasteiger partial charge in [-0.15, -0.1) is 0 Å². The minimum atomic E-state index is -0.219. The van der Waals surface area contributed by atoms with Gasteiger partial charge in [-0.25, -0.2) is 9.48 Å². The highest BCUT2D eigenvalue weighted by atomic mass is 16.5. The number of aryl methyl sites for hydroxylation is 1. The van der Waals surface area contributed by atoms with Crippen molar-refractivity contribution in [3.05, 3.63) is 77.1 Å². The normalized spacial score (nSPS) is 11.9. The number of urea groups is 1.